The Hall–Kier alpha value is -2.42. The van der Waals surface area contributed by atoms with Crippen LogP contribution in [0.15, 0.2) is 36.4 Å². The van der Waals surface area contributed by atoms with Gasteiger partial charge in [-0.15, -0.1) is 0 Å². The molecular weight excluding hydrogens is 288 g/mol. The second kappa shape index (κ2) is 6.78. The fraction of sp³-hybridized carbons (Fsp3) is 0.300. The number of phenols is 1. The summed E-state index contributed by atoms with van der Waals surface area (Å²) in [4.78, 5) is 24.0. The van der Waals surface area contributed by atoms with Gasteiger partial charge >= 0.3 is 0 Å². The van der Waals surface area contributed by atoms with E-state index in [2.05, 4.69) is 0 Å². The van der Waals surface area contributed by atoms with Crippen molar-refractivity contribution in [2.24, 2.45) is 0 Å². The second-order valence-electron chi connectivity index (χ2n) is 6.35. The smallest absolute Gasteiger partial charge is 0.193 e. The summed E-state index contributed by atoms with van der Waals surface area (Å²) in [5.41, 5.74) is 2.77. The van der Waals surface area contributed by atoms with Crippen molar-refractivity contribution >= 4 is 12.1 Å². The Morgan fingerprint density at radius 3 is 2.00 bits per heavy atom. The Kier molecular flexibility index (Phi) is 4.99. The number of carbonyl (C=O) groups is 2. The van der Waals surface area contributed by atoms with Gasteiger partial charge in [-0.3, -0.25) is 9.59 Å². The molecule has 3 nitrogen and oxygen atoms in total. The molecule has 2 rings (SSSR count). The van der Waals surface area contributed by atoms with Gasteiger partial charge in [0.05, 0.1) is 0 Å². The molecule has 0 aromatic heterocycles. The minimum atomic E-state index is -0.198. The standard InChI is InChI=1S/C20H22O3/c1-12(2)17-9-15(10-18(13(3)4)20(17)23)19(22)16-8-6-5-7-14(16)11-21/h5-13,23H,1-4H3. The molecule has 120 valence electrons. The molecule has 1 N–H and O–H groups in total. The van der Waals surface area contributed by atoms with Crippen molar-refractivity contribution < 1.29 is 14.7 Å². The summed E-state index contributed by atoms with van der Waals surface area (Å²) >= 11 is 0. The Labute approximate surface area is 137 Å². The molecule has 0 spiro atoms. The van der Waals surface area contributed by atoms with Crippen LogP contribution in [0.3, 0.4) is 0 Å². The molecule has 0 heterocycles. The predicted octanol–water partition coefficient (Wildman–Crippen LogP) is 4.68. The number of rotatable bonds is 5. The molecule has 0 saturated carbocycles. The van der Waals surface area contributed by atoms with E-state index in [1.165, 1.54) is 0 Å². The topological polar surface area (TPSA) is 54.4 Å². The van der Waals surface area contributed by atoms with Crippen molar-refractivity contribution in [3.05, 3.63) is 64.2 Å². The van der Waals surface area contributed by atoms with Crippen LogP contribution in [0.1, 0.15) is 76.9 Å². The molecule has 0 unspecified atom stereocenters. The summed E-state index contributed by atoms with van der Waals surface area (Å²) in [5, 5.41) is 10.4. The maximum atomic E-state index is 12.8. The molecule has 0 bridgehead atoms. The van der Waals surface area contributed by atoms with Crippen molar-refractivity contribution in [3.63, 3.8) is 0 Å². The Bertz CT molecular complexity index is 713. The maximum Gasteiger partial charge on any atom is 0.193 e. The molecule has 0 radical (unpaired) electrons. The first-order valence-corrected chi connectivity index (χ1v) is 7.82. The molecule has 0 saturated heterocycles. The summed E-state index contributed by atoms with van der Waals surface area (Å²) in [6.45, 7) is 7.92. The largest absolute Gasteiger partial charge is 0.507 e. The lowest BCUT2D eigenvalue weighted by Crippen LogP contribution is -2.08. The summed E-state index contributed by atoms with van der Waals surface area (Å²) in [6.07, 6.45) is 0.695. The molecule has 2 aromatic rings. The van der Waals surface area contributed by atoms with E-state index in [-0.39, 0.29) is 23.4 Å². The average Bonchev–Trinajstić information content (AvgIpc) is 2.53. The van der Waals surface area contributed by atoms with Gasteiger partial charge in [-0.05, 0) is 35.1 Å². The van der Waals surface area contributed by atoms with Crippen LogP contribution in [0.5, 0.6) is 5.75 Å². The molecule has 0 aliphatic heterocycles. The third kappa shape index (κ3) is 3.34. The highest BCUT2D eigenvalue weighted by molar-refractivity contribution is 6.13. The number of carbonyl (C=O) groups excluding carboxylic acids is 2. The first-order chi connectivity index (χ1) is 10.9. The van der Waals surface area contributed by atoms with Crippen molar-refractivity contribution in [2.75, 3.05) is 0 Å². The van der Waals surface area contributed by atoms with E-state index in [1.807, 2.05) is 27.7 Å². The van der Waals surface area contributed by atoms with Gasteiger partial charge in [-0.1, -0.05) is 52.0 Å². The third-order valence-electron chi connectivity index (χ3n) is 4.01. The van der Waals surface area contributed by atoms with Gasteiger partial charge < -0.3 is 5.11 Å². The van der Waals surface area contributed by atoms with Gasteiger partial charge in [0.2, 0.25) is 0 Å². The minimum absolute atomic E-state index is 0.0987. The molecular formula is C20H22O3. The third-order valence-corrected chi connectivity index (χ3v) is 4.01. The SMILES string of the molecule is CC(C)c1cc(C(=O)c2ccccc2C=O)cc(C(C)C)c1O. The molecule has 3 heteroatoms. The van der Waals surface area contributed by atoms with Crippen LogP contribution in [0, 0.1) is 0 Å². The fourth-order valence-electron chi connectivity index (χ4n) is 2.65. The molecule has 2 aromatic carbocycles. The van der Waals surface area contributed by atoms with Crippen molar-refractivity contribution in [1.29, 1.82) is 0 Å². The van der Waals surface area contributed by atoms with Crippen LogP contribution < -0.4 is 0 Å². The number of phenolic OH excluding ortho intramolecular Hbond substituents is 1. The van der Waals surface area contributed by atoms with Crippen molar-refractivity contribution in [1.82, 2.24) is 0 Å². The fourth-order valence-corrected chi connectivity index (χ4v) is 2.65. The Morgan fingerprint density at radius 2 is 1.52 bits per heavy atom. The molecule has 0 aliphatic carbocycles. The van der Waals surface area contributed by atoms with E-state index in [1.54, 1.807) is 36.4 Å². The predicted molar refractivity (Wildman–Crippen MR) is 91.5 cm³/mol. The van der Waals surface area contributed by atoms with E-state index in [4.69, 9.17) is 0 Å². The van der Waals surface area contributed by atoms with E-state index in [0.29, 0.717) is 23.0 Å². The normalized spacial score (nSPS) is 11.0. The summed E-state index contributed by atoms with van der Waals surface area (Å²) in [5.74, 6) is 0.259. The molecule has 0 amide bonds. The summed E-state index contributed by atoms with van der Waals surface area (Å²) < 4.78 is 0. The highest BCUT2D eigenvalue weighted by Gasteiger charge is 2.20. The zero-order valence-corrected chi connectivity index (χ0v) is 14.0. The van der Waals surface area contributed by atoms with Gasteiger partial charge in [-0.25, -0.2) is 0 Å². The maximum absolute atomic E-state index is 12.8. The van der Waals surface area contributed by atoms with Crippen molar-refractivity contribution in [3.8, 4) is 5.75 Å². The van der Waals surface area contributed by atoms with Crippen LogP contribution in [-0.4, -0.2) is 17.2 Å². The summed E-state index contributed by atoms with van der Waals surface area (Å²) in [6, 6.07) is 10.2. The van der Waals surface area contributed by atoms with Gasteiger partial charge in [0.25, 0.3) is 0 Å². The molecule has 23 heavy (non-hydrogen) atoms. The lowest BCUT2D eigenvalue weighted by molar-refractivity contribution is 0.102. The Morgan fingerprint density at radius 1 is 1.00 bits per heavy atom. The highest BCUT2D eigenvalue weighted by Crippen LogP contribution is 2.35. The van der Waals surface area contributed by atoms with Crippen molar-refractivity contribution in [2.45, 2.75) is 39.5 Å². The van der Waals surface area contributed by atoms with Crippen LogP contribution in [0.25, 0.3) is 0 Å². The monoisotopic (exact) mass is 310 g/mol. The van der Waals surface area contributed by atoms with Gasteiger partial charge in [0, 0.05) is 16.7 Å². The number of aromatic hydroxyl groups is 1. The zero-order chi connectivity index (χ0) is 17.1. The first-order valence-electron chi connectivity index (χ1n) is 7.82. The van der Waals surface area contributed by atoms with Crippen LogP contribution in [-0.2, 0) is 0 Å². The zero-order valence-electron chi connectivity index (χ0n) is 14.0. The molecule has 0 aliphatic rings. The quantitative estimate of drug-likeness (QED) is 0.644. The first kappa shape index (κ1) is 16.9. The summed E-state index contributed by atoms with van der Waals surface area (Å²) in [7, 11) is 0. The lowest BCUT2D eigenvalue weighted by atomic mass is 9.88. The van der Waals surface area contributed by atoms with Crippen LogP contribution >= 0.6 is 0 Å². The van der Waals surface area contributed by atoms with E-state index >= 15 is 0 Å². The van der Waals surface area contributed by atoms with Gasteiger partial charge in [0.1, 0.15) is 5.75 Å². The minimum Gasteiger partial charge on any atom is -0.507 e. The van der Waals surface area contributed by atoms with Crippen LogP contribution in [0.2, 0.25) is 0 Å². The van der Waals surface area contributed by atoms with E-state index in [0.717, 1.165) is 11.1 Å². The number of hydrogen-bond acceptors (Lipinski definition) is 3. The highest BCUT2D eigenvalue weighted by atomic mass is 16.3. The van der Waals surface area contributed by atoms with Gasteiger partial charge in [-0.2, -0.15) is 0 Å². The number of hydrogen-bond donors (Lipinski definition) is 1. The number of benzene rings is 2. The molecule has 0 fully saturated rings. The van der Waals surface area contributed by atoms with E-state index in [9.17, 15) is 14.7 Å². The van der Waals surface area contributed by atoms with E-state index < -0.39 is 0 Å². The second-order valence-corrected chi connectivity index (χ2v) is 6.35. The lowest BCUT2D eigenvalue weighted by Gasteiger charge is -2.17. The number of aldehydes is 1. The Balaban J connectivity index is 2.63. The molecule has 0 atom stereocenters. The van der Waals surface area contributed by atoms with Gasteiger partial charge in [0.15, 0.2) is 12.1 Å². The number of ketones is 1. The average molecular weight is 310 g/mol. The van der Waals surface area contributed by atoms with Crippen LogP contribution in [0.4, 0.5) is 0 Å².